The first-order chi connectivity index (χ1) is 16.1. The van der Waals surface area contributed by atoms with Crippen LogP contribution in [-0.4, -0.2) is 83.9 Å². The van der Waals surface area contributed by atoms with Gasteiger partial charge in [-0.15, -0.1) is 0 Å². The molecule has 4 rings (SSSR count). The van der Waals surface area contributed by atoms with E-state index in [1.54, 1.807) is 12.4 Å². The number of aryl methyl sites for hydroxylation is 1. The summed E-state index contributed by atoms with van der Waals surface area (Å²) < 4.78 is 0. The normalized spacial score (nSPS) is 19.4. The number of likely N-dealkylation sites (tertiary alicyclic amines) is 1. The van der Waals surface area contributed by atoms with Crippen LogP contribution in [0.1, 0.15) is 35.2 Å². The third-order valence-corrected chi connectivity index (χ3v) is 6.54. The predicted octanol–water partition coefficient (Wildman–Crippen LogP) is 1.97. The van der Waals surface area contributed by atoms with Gasteiger partial charge in [0.1, 0.15) is 0 Å². The molecule has 0 bridgehead atoms. The van der Waals surface area contributed by atoms with Crippen molar-refractivity contribution >= 4 is 17.8 Å². The highest BCUT2D eigenvalue weighted by atomic mass is 16.2. The van der Waals surface area contributed by atoms with Crippen molar-refractivity contribution in [3.63, 3.8) is 0 Å². The van der Waals surface area contributed by atoms with Crippen LogP contribution in [0.3, 0.4) is 0 Å². The van der Waals surface area contributed by atoms with Gasteiger partial charge < -0.3 is 15.1 Å². The quantitative estimate of drug-likeness (QED) is 0.650. The molecule has 1 unspecified atom stereocenters. The highest BCUT2D eigenvalue weighted by Crippen LogP contribution is 2.19. The van der Waals surface area contributed by atoms with E-state index < -0.39 is 0 Å². The number of nitrogens with one attached hydrogen (secondary N) is 1. The Hall–Kier alpha value is -3.00. The van der Waals surface area contributed by atoms with Crippen LogP contribution < -0.4 is 10.2 Å². The Morgan fingerprint density at radius 3 is 2.48 bits per heavy atom. The third kappa shape index (κ3) is 6.28. The molecule has 176 valence electrons. The highest BCUT2D eigenvalue weighted by molar-refractivity contribution is 5.94. The molecule has 1 aromatic carbocycles. The maximum Gasteiger partial charge on any atom is 0.253 e. The van der Waals surface area contributed by atoms with Gasteiger partial charge in [0.25, 0.3) is 5.91 Å². The third-order valence-electron chi connectivity index (χ3n) is 6.54. The highest BCUT2D eigenvalue weighted by Gasteiger charge is 2.28. The van der Waals surface area contributed by atoms with E-state index >= 15 is 0 Å². The SMILES string of the molecule is Cc1ccc(C(=O)N2CCCC(C(=O)NCCCN3CCN(c4ncccn4)CC3)C2)cc1. The summed E-state index contributed by atoms with van der Waals surface area (Å²) in [6, 6.07) is 9.48. The van der Waals surface area contributed by atoms with Crippen LogP contribution in [0.25, 0.3) is 0 Å². The minimum absolute atomic E-state index is 0.0209. The average Bonchev–Trinajstić information content (AvgIpc) is 2.87. The molecule has 1 atom stereocenters. The number of piperidine rings is 1. The lowest BCUT2D eigenvalue weighted by atomic mass is 9.96. The van der Waals surface area contributed by atoms with E-state index in [-0.39, 0.29) is 17.7 Å². The zero-order valence-electron chi connectivity index (χ0n) is 19.4. The number of hydrogen-bond acceptors (Lipinski definition) is 6. The van der Waals surface area contributed by atoms with Gasteiger partial charge in [-0.1, -0.05) is 17.7 Å². The smallest absolute Gasteiger partial charge is 0.253 e. The van der Waals surface area contributed by atoms with E-state index in [0.29, 0.717) is 18.7 Å². The van der Waals surface area contributed by atoms with E-state index in [1.807, 2.05) is 42.2 Å². The number of benzene rings is 1. The fraction of sp³-hybridized carbons (Fsp3) is 0.520. The van der Waals surface area contributed by atoms with Gasteiger partial charge in [0.15, 0.2) is 0 Å². The van der Waals surface area contributed by atoms with E-state index in [2.05, 4.69) is 25.1 Å². The predicted molar refractivity (Wildman–Crippen MR) is 128 cm³/mol. The summed E-state index contributed by atoms with van der Waals surface area (Å²) in [6.07, 6.45) is 6.19. The van der Waals surface area contributed by atoms with Gasteiger partial charge in [-0.2, -0.15) is 0 Å². The summed E-state index contributed by atoms with van der Waals surface area (Å²) >= 11 is 0. The van der Waals surface area contributed by atoms with E-state index in [0.717, 1.165) is 70.0 Å². The van der Waals surface area contributed by atoms with Crippen molar-refractivity contribution in [2.45, 2.75) is 26.2 Å². The zero-order chi connectivity index (χ0) is 23.0. The second kappa shape index (κ2) is 11.2. The van der Waals surface area contributed by atoms with Crippen molar-refractivity contribution in [3.8, 4) is 0 Å². The maximum atomic E-state index is 12.8. The molecular formula is C25H34N6O2. The first-order valence-corrected chi connectivity index (χ1v) is 12.0. The van der Waals surface area contributed by atoms with Crippen molar-refractivity contribution in [1.29, 1.82) is 0 Å². The Bertz CT molecular complexity index is 912. The van der Waals surface area contributed by atoms with Gasteiger partial charge in [-0.25, -0.2) is 9.97 Å². The monoisotopic (exact) mass is 450 g/mol. The van der Waals surface area contributed by atoms with Crippen molar-refractivity contribution in [2.75, 3.05) is 57.3 Å². The number of piperazine rings is 1. The molecule has 0 spiro atoms. The Morgan fingerprint density at radius 1 is 1.03 bits per heavy atom. The molecule has 8 nitrogen and oxygen atoms in total. The van der Waals surface area contributed by atoms with Crippen LogP contribution in [0.2, 0.25) is 0 Å². The summed E-state index contributed by atoms with van der Waals surface area (Å²) in [4.78, 5) is 40.6. The summed E-state index contributed by atoms with van der Waals surface area (Å²) in [7, 11) is 0. The topological polar surface area (TPSA) is 81.7 Å². The van der Waals surface area contributed by atoms with Gasteiger partial charge in [0.2, 0.25) is 11.9 Å². The summed E-state index contributed by atoms with van der Waals surface area (Å²) in [5.41, 5.74) is 1.83. The molecule has 0 radical (unpaired) electrons. The number of rotatable bonds is 7. The first kappa shape index (κ1) is 23.2. The second-order valence-electron chi connectivity index (χ2n) is 8.98. The lowest BCUT2D eigenvalue weighted by Crippen LogP contribution is -2.48. The van der Waals surface area contributed by atoms with Crippen LogP contribution in [0.5, 0.6) is 0 Å². The van der Waals surface area contributed by atoms with Crippen LogP contribution in [0.15, 0.2) is 42.7 Å². The number of amides is 2. The fourth-order valence-corrected chi connectivity index (χ4v) is 4.54. The number of anilines is 1. The fourth-order valence-electron chi connectivity index (χ4n) is 4.54. The molecule has 2 fully saturated rings. The van der Waals surface area contributed by atoms with Crippen molar-refractivity contribution in [2.24, 2.45) is 5.92 Å². The Kier molecular flexibility index (Phi) is 7.88. The van der Waals surface area contributed by atoms with Crippen molar-refractivity contribution < 1.29 is 9.59 Å². The molecule has 2 aliphatic heterocycles. The largest absolute Gasteiger partial charge is 0.356 e. The molecule has 1 aromatic heterocycles. The van der Waals surface area contributed by atoms with Gasteiger partial charge in [-0.3, -0.25) is 14.5 Å². The summed E-state index contributed by atoms with van der Waals surface area (Å²) in [5.74, 6) is 0.768. The minimum Gasteiger partial charge on any atom is -0.356 e. The number of aromatic nitrogens is 2. The Labute approximate surface area is 196 Å². The number of nitrogens with zero attached hydrogens (tertiary/aromatic N) is 5. The molecule has 2 aliphatic rings. The van der Waals surface area contributed by atoms with Gasteiger partial charge in [-0.05, 0) is 50.9 Å². The molecule has 2 amide bonds. The Morgan fingerprint density at radius 2 is 1.76 bits per heavy atom. The molecular weight excluding hydrogens is 416 g/mol. The first-order valence-electron chi connectivity index (χ1n) is 12.0. The van der Waals surface area contributed by atoms with Crippen LogP contribution in [0, 0.1) is 12.8 Å². The lowest BCUT2D eigenvalue weighted by Gasteiger charge is -2.34. The molecule has 1 N–H and O–H groups in total. The average molecular weight is 451 g/mol. The second-order valence-corrected chi connectivity index (χ2v) is 8.98. The molecule has 33 heavy (non-hydrogen) atoms. The van der Waals surface area contributed by atoms with Gasteiger partial charge in [0, 0.05) is 63.8 Å². The molecule has 0 saturated carbocycles. The van der Waals surface area contributed by atoms with Gasteiger partial charge in [0.05, 0.1) is 5.92 Å². The molecule has 2 aromatic rings. The molecule has 2 saturated heterocycles. The number of hydrogen-bond donors (Lipinski definition) is 1. The van der Waals surface area contributed by atoms with Crippen LogP contribution >= 0.6 is 0 Å². The van der Waals surface area contributed by atoms with E-state index in [1.165, 1.54) is 0 Å². The number of carbonyl (C=O) groups excluding carboxylic acids is 2. The standard InChI is InChI=1S/C25H34N6O2/c1-20-6-8-21(9-7-20)24(33)31-14-2-5-22(19-31)23(32)26-12-4-13-29-15-17-30(18-16-29)25-27-10-3-11-28-25/h3,6-11,22H,2,4-5,12-19H2,1H3,(H,26,32). The molecule has 0 aliphatic carbocycles. The van der Waals surface area contributed by atoms with Crippen LogP contribution in [-0.2, 0) is 4.79 Å². The van der Waals surface area contributed by atoms with Crippen molar-refractivity contribution in [3.05, 3.63) is 53.9 Å². The maximum absolute atomic E-state index is 12.8. The zero-order valence-corrected chi connectivity index (χ0v) is 19.4. The van der Waals surface area contributed by atoms with Gasteiger partial charge >= 0.3 is 0 Å². The van der Waals surface area contributed by atoms with E-state index in [9.17, 15) is 9.59 Å². The molecule has 3 heterocycles. The lowest BCUT2D eigenvalue weighted by molar-refractivity contribution is -0.126. The van der Waals surface area contributed by atoms with Crippen molar-refractivity contribution in [1.82, 2.24) is 25.1 Å². The minimum atomic E-state index is -0.123. The summed E-state index contributed by atoms with van der Waals surface area (Å²) in [6.45, 7) is 8.66. The Balaban J connectivity index is 1.15. The molecule has 8 heteroatoms. The van der Waals surface area contributed by atoms with E-state index in [4.69, 9.17) is 0 Å². The summed E-state index contributed by atoms with van der Waals surface area (Å²) in [5, 5.41) is 3.10. The van der Waals surface area contributed by atoms with Crippen LogP contribution in [0.4, 0.5) is 5.95 Å². The number of carbonyl (C=O) groups is 2.